The fourth-order valence-electron chi connectivity index (χ4n) is 4.09. The molecule has 96 valence electrons. The molecule has 1 saturated carbocycles. The van der Waals surface area contributed by atoms with Gasteiger partial charge in [-0.15, -0.1) is 0 Å². The van der Waals surface area contributed by atoms with Crippen LogP contribution in [0.5, 0.6) is 0 Å². The summed E-state index contributed by atoms with van der Waals surface area (Å²) in [5, 5.41) is 0. The molecule has 2 unspecified atom stereocenters. The molecule has 0 saturated heterocycles. The van der Waals surface area contributed by atoms with Gasteiger partial charge in [-0.2, -0.15) is 0 Å². The Bertz CT molecular complexity index is 626. The Hall–Kier alpha value is -1.83. The van der Waals surface area contributed by atoms with E-state index in [1.165, 1.54) is 5.56 Å². The fraction of sp³-hybridized carbons (Fsp3) is 0.353. The number of furan rings is 1. The fourth-order valence-corrected chi connectivity index (χ4v) is 4.09. The van der Waals surface area contributed by atoms with Crippen LogP contribution in [-0.4, -0.2) is 5.78 Å². The molecule has 0 aliphatic heterocycles. The zero-order valence-corrected chi connectivity index (χ0v) is 10.8. The monoisotopic (exact) mass is 252 g/mol. The molecule has 1 aromatic heterocycles. The highest BCUT2D eigenvalue weighted by Crippen LogP contribution is 2.58. The van der Waals surface area contributed by atoms with E-state index in [0.717, 1.165) is 37.0 Å². The Morgan fingerprint density at radius 2 is 2.11 bits per heavy atom. The summed E-state index contributed by atoms with van der Waals surface area (Å²) in [7, 11) is 0. The van der Waals surface area contributed by atoms with Crippen molar-refractivity contribution in [2.45, 2.75) is 31.6 Å². The number of rotatable bonds is 2. The van der Waals surface area contributed by atoms with Crippen molar-refractivity contribution in [2.75, 3.05) is 0 Å². The Balaban J connectivity index is 1.82. The minimum absolute atomic E-state index is 0.235. The minimum Gasteiger partial charge on any atom is -0.469 e. The van der Waals surface area contributed by atoms with Crippen LogP contribution in [0.25, 0.3) is 0 Å². The summed E-state index contributed by atoms with van der Waals surface area (Å²) < 4.78 is 5.49. The first-order chi connectivity index (χ1) is 9.31. The highest BCUT2D eigenvalue weighted by molar-refractivity contribution is 6.06. The van der Waals surface area contributed by atoms with E-state index in [1.54, 1.807) is 6.26 Å². The molecule has 2 aliphatic rings. The van der Waals surface area contributed by atoms with Gasteiger partial charge in [0.1, 0.15) is 5.76 Å². The van der Waals surface area contributed by atoms with Crippen LogP contribution in [0.2, 0.25) is 0 Å². The van der Waals surface area contributed by atoms with Crippen LogP contribution in [0, 0.1) is 5.41 Å². The number of hydrogen-bond acceptors (Lipinski definition) is 2. The molecular weight excluding hydrogens is 236 g/mol. The quantitative estimate of drug-likeness (QED) is 0.809. The molecule has 0 radical (unpaired) electrons. The molecular formula is C17H16O2. The molecule has 1 fully saturated rings. The van der Waals surface area contributed by atoms with Gasteiger partial charge in [0.15, 0.2) is 5.78 Å². The second-order valence-corrected chi connectivity index (χ2v) is 5.77. The number of benzene rings is 1. The standard InChI is InChI=1S/C17H16O2/c18-16-14-7-2-1-6-13(14)15-8-3-9-17(15,16)11-12-5-4-10-19-12/h1-2,4-7,10,15H,3,8-9,11H2. The number of ketones is 1. The van der Waals surface area contributed by atoms with E-state index in [4.69, 9.17) is 4.42 Å². The highest BCUT2D eigenvalue weighted by atomic mass is 16.3. The van der Waals surface area contributed by atoms with Crippen molar-refractivity contribution in [1.82, 2.24) is 0 Å². The molecule has 2 aliphatic carbocycles. The summed E-state index contributed by atoms with van der Waals surface area (Å²) >= 11 is 0. The van der Waals surface area contributed by atoms with Crippen molar-refractivity contribution in [1.29, 1.82) is 0 Å². The lowest BCUT2D eigenvalue weighted by molar-refractivity contribution is 0.0796. The topological polar surface area (TPSA) is 30.2 Å². The molecule has 0 spiro atoms. The predicted molar refractivity (Wildman–Crippen MR) is 72.2 cm³/mol. The summed E-state index contributed by atoms with van der Waals surface area (Å²) in [6, 6.07) is 12.0. The van der Waals surface area contributed by atoms with E-state index < -0.39 is 0 Å². The lowest BCUT2D eigenvalue weighted by Gasteiger charge is -2.26. The number of fused-ring (bicyclic) bond motifs is 3. The predicted octanol–water partition coefficient (Wildman–Crippen LogP) is 3.97. The van der Waals surface area contributed by atoms with Crippen LogP contribution in [-0.2, 0) is 6.42 Å². The van der Waals surface area contributed by atoms with Gasteiger partial charge in [-0.3, -0.25) is 4.79 Å². The minimum atomic E-state index is -0.235. The summed E-state index contributed by atoms with van der Waals surface area (Å²) in [4.78, 5) is 12.9. The molecule has 2 aromatic rings. The molecule has 1 aromatic carbocycles. The first-order valence-corrected chi connectivity index (χ1v) is 6.97. The second-order valence-electron chi connectivity index (χ2n) is 5.77. The molecule has 1 heterocycles. The summed E-state index contributed by atoms with van der Waals surface area (Å²) in [5.41, 5.74) is 1.97. The SMILES string of the molecule is O=C1c2ccccc2C2CCCC12Cc1ccco1. The summed E-state index contributed by atoms with van der Waals surface area (Å²) in [6.45, 7) is 0. The smallest absolute Gasteiger partial charge is 0.170 e. The van der Waals surface area contributed by atoms with Crippen LogP contribution in [0.15, 0.2) is 47.1 Å². The maximum Gasteiger partial charge on any atom is 0.170 e. The lowest BCUT2D eigenvalue weighted by atomic mass is 9.74. The van der Waals surface area contributed by atoms with Crippen molar-refractivity contribution in [3.63, 3.8) is 0 Å². The van der Waals surface area contributed by atoms with E-state index in [9.17, 15) is 4.79 Å². The van der Waals surface area contributed by atoms with Gasteiger partial charge in [-0.05, 0) is 36.5 Å². The third-order valence-electron chi connectivity index (χ3n) is 4.89. The average molecular weight is 252 g/mol. The zero-order chi connectivity index (χ0) is 12.9. The number of carbonyl (C=O) groups excluding carboxylic acids is 1. The summed E-state index contributed by atoms with van der Waals surface area (Å²) in [5.74, 6) is 1.66. The van der Waals surface area contributed by atoms with E-state index >= 15 is 0 Å². The Morgan fingerprint density at radius 1 is 1.21 bits per heavy atom. The molecule has 0 N–H and O–H groups in total. The molecule has 2 atom stereocenters. The lowest BCUT2D eigenvalue weighted by Crippen LogP contribution is -2.30. The van der Waals surface area contributed by atoms with Crippen molar-refractivity contribution in [3.8, 4) is 0 Å². The van der Waals surface area contributed by atoms with Gasteiger partial charge in [0.25, 0.3) is 0 Å². The van der Waals surface area contributed by atoms with Crippen LogP contribution >= 0.6 is 0 Å². The Kier molecular flexibility index (Phi) is 2.22. The third kappa shape index (κ3) is 1.40. The van der Waals surface area contributed by atoms with E-state index in [-0.39, 0.29) is 5.41 Å². The van der Waals surface area contributed by atoms with E-state index in [1.807, 2.05) is 30.3 Å². The van der Waals surface area contributed by atoms with E-state index in [2.05, 4.69) is 6.07 Å². The highest BCUT2D eigenvalue weighted by Gasteiger charge is 2.55. The molecule has 0 bridgehead atoms. The molecule has 2 nitrogen and oxygen atoms in total. The van der Waals surface area contributed by atoms with Gasteiger partial charge in [0.05, 0.1) is 6.26 Å². The van der Waals surface area contributed by atoms with Crippen molar-refractivity contribution in [2.24, 2.45) is 5.41 Å². The van der Waals surface area contributed by atoms with Gasteiger partial charge in [-0.25, -0.2) is 0 Å². The number of carbonyl (C=O) groups is 1. The zero-order valence-electron chi connectivity index (χ0n) is 10.8. The van der Waals surface area contributed by atoms with Crippen molar-refractivity contribution < 1.29 is 9.21 Å². The van der Waals surface area contributed by atoms with E-state index in [0.29, 0.717) is 11.7 Å². The maximum atomic E-state index is 12.9. The van der Waals surface area contributed by atoms with Crippen molar-refractivity contribution in [3.05, 3.63) is 59.5 Å². The average Bonchev–Trinajstić information content (AvgIpc) is 3.11. The first kappa shape index (κ1) is 11.0. The maximum absolute atomic E-state index is 12.9. The summed E-state index contributed by atoms with van der Waals surface area (Å²) in [6.07, 6.45) is 5.71. The first-order valence-electron chi connectivity index (χ1n) is 6.97. The van der Waals surface area contributed by atoms with Gasteiger partial charge in [-0.1, -0.05) is 30.7 Å². The van der Waals surface area contributed by atoms with Crippen LogP contribution in [0.1, 0.15) is 46.9 Å². The van der Waals surface area contributed by atoms with Crippen LogP contribution in [0.4, 0.5) is 0 Å². The van der Waals surface area contributed by atoms with Gasteiger partial charge >= 0.3 is 0 Å². The largest absolute Gasteiger partial charge is 0.469 e. The van der Waals surface area contributed by atoms with Gasteiger partial charge < -0.3 is 4.42 Å². The van der Waals surface area contributed by atoms with Gasteiger partial charge in [0, 0.05) is 17.4 Å². The third-order valence-corrected chi connectivity index (χ3v) is 4.89. The second kappa shape index (κ2) is 3.83. The Morgan fingerprint density at radius 3 is 2.95 bits per heavy atom. The Labute approximate surface area is 112 Å². The molecule has 2 heteroatoms. The normalized spacial score (nSPS) is 28.4. The number of hydrogen-bond donors (Lipinski definition) is 0. The van der Waals surface area contributed by atoms with Crippen LogP contribution in [0.3, 0.4) is 0 Å². The van der Waals surface area contributed by atoms with Crippen molar-refractivity contribution >= 4 is 5.78 Å². The van der Waals surface area contributed by atoms with Crippen LogP contribution < -0.4 is 0 Å². The number of Topliss-reactive ketones (excluding diaryl/α,β-unsaturated/α-hetero) is 1. The molecule has 19 heavy (non-hydrogen) atoms. The molecule has 4 rings (SSSR count). The molecule has 0 amide bonds. The van der Waals surface area contributed by atoms with Gasteiger partial charge in [0.2, 0.25) is 0 Å².